The number of rotatable bonds is 8. The van der Waals surface area contributed by atoms with Gasteiger partial charge in [0.2, 0.25) is 0 Å². The highest BCUT2D eigenvalue weighted by Crippen LogP contribution is 2.29. The van der Waals surface area contributed by atoms with Crippen LogP contribution in [0.2, 0.25) is 0 Å². The summed E-state index contributed by atoms with van der Waals surface area (Å²) in [6.45, 7) is -0.202. The van der Waals surface area contributed by atoms with Crippen molar-refractivity contribution in [2.24, 2.45) is 0 Å². The van der Waals surface area contributed by atoms with Gasteiger partial charge in [0, 0.05) is 12.1 Å². The molecule has 0 aliphatic heterocycles. The van der Waals surface area contributed by atoms with E-state index < -0.39 is 12.1 Å². The minimum atomic E-state index is -0.828. The van der Waals surface area contributed by atoms with Crippen LogP contribution in [0.4, 0.5) is 0 Å². The molecule has 0 saturated carbocycles. The van der Waals surface area contributed by atoms with E-state index >= 15 is 0 Å². The molecule has 1 rings (SSSR count). The first-order valence-corrected chi connectivity index (χ1v) is 6.01. The smallest absolute Gasteiger partial charge is 0.124 e. The van der Waals surface area contributed by atoms with Crippen LogP contribution in [0, 0.1) is 0 Å². The van der Waals surface area contributed by atoms with Crippen molar-refractivity contribution >= 4 is 0 Å². The Balaban J connectivity index is 2.76. The van der Waals surface area contributed by atoms with Crippen molar-refractivity contribution in [1.29, 1.82) is 0 Å². The summed E-state index contributed by atoms with van der Waals surface area (Å²) in [7, 11) is 3.07. The van der Waals surface area contributed by atoms with Crippen molar-refractivity contribution in [2.45, 2.75) is 12.1 Å². The molecular weight excluding hydrogens is 250 g/mol. The quantitative estimate of drug-likeness (QED) is 0.518. The fraction of sp³-hybridized carbons (Fsp3) is 0.538. The zero-order valence-electron chi connectivity index (χ0n) is 11.2. The number of hydrogen-bond donors (Lipinski definition) is 4. The van der Waals surface area contributed by atoms with E-state index in [1.54, 1.807) is 25.3 Å². The Morgan fingerprint density at radius 1 is 1.16 bits per heavy atom. The van der Waals surface area contributed by atoms with E-state index in [4.69, 9.17) is 19.7 Å². The molecule has 19 heavy (non-hydrogen) atoms. The summed E-state index contributed by atoms with van der Waals surface area (Å²) in [5.74, 6) is 1.18. The number of hydrogen-bond acceptors (Lipinski definition) is 6. The number of aliphatic hydroxyl groups excluding tert-OH is 3. The van der Waals surface area contributed by atoms with Crippen LogP contribution in [0.3, 0.4) is 0 Å². The molecule has 0 saturated heterocycles. The first kappa shape index (κ1) is 15.7. The van der Waals surface area contributed by atoms with Crippen LogP contribution in [-0.4, -0.2) is 55.3 Å². The summed E-state index contributed by atoms with van der Waals surface area (Å²) in [4.78, 5) is 0. The zero-order chi connectivity index (χ0) is 14.3. The van der Waals surface area contributed by atoms with Crippen LogP contribution in [0.1, 0.15) is 11.7 Å². The van der Waals surface area contributed by atoms with E-state index in [0.717, 1.165) is 0 Å². The number of nitrogens with one attached hydrogen (secondary N) is 1. The normalized spacial score (nSPS) is 12.5. The SMILES string of the molecule is COc1ccc(OC)c(C(O)CNC(CO)CO)c1. The molecule has 0 aliphatic carbocycles. The Morgan fingerprint density at radius 3 is 2.37 bits per heavy atom. The molecule has 0 spiro atoms. The summed E-state index contributed by atoms with van der Waals surface area (Å²) < 4.78 is 10.3. The topological polar surface area (TPSA) is 91.2 Å². The molecule has 1 unspecified atom stereocenters. The third-order valence-corrected chi connectivity index (χ3v) is 2.84. The Hall–Kier alpha value is -1.34. The maximum Gasteiger partial charge on any atom is 0.124 e. The Bertz CT molecular complexity index is 381. The summed E-state index contributed by atoms with van der Waals surface area (Å²) in [6, 6.07) is 4.70. The third kappa shape index (κ3) is 4.36. The molecule has 6 heteroatoms. The first-order chi connectivity index (χ1) is 9.15. The number of ether oxygens (including phenoxy) is 2. The van der Waals surface area contributed by atoms with E-state index in [2.05, 4.69) is 5.32 Å². The van der Waals surface area contributed by atoms with Crippen molar-refractivity contribution in [3.63, 3.8) is 0 Å². The maximum atomic E-state index is 10.1. The van der Waals surface area contributed by atoms with Gasteiger partial charge in [0.1, 0.15) is 11.5 Å². The van der Waals surface area contributed by atoms with Crippen LogP contribution in [-0.2, 0) is 0 Å². The minimum absolute atomic E-state index is 0.190. The molecule has 6 nitrogen and oxygen atoms in total. The van der Waals surface area contributed by atoms with Gasteiger partial charge in [-0.25, -0.2) is 0 Å². The average Bonchev–Trinajstić information content (AvgIpc) is 2.47. The average molecular weight is 271 g/mol. The highest BCUT2D eigenvalue weighted by Gasteiger charge is 2.16. The predicted octanol–water partition coefficient (Wildman–Crippen LogP) is -0.320. The second-order valence-corrected chi connectivity index (χ2v) is 4.09. The molecule has 1 aromatic carbocycles. The summed E-state index contributed by atoms with van der Waals surface area (Å²) >= 11 is 0. The molecule has 0 heterocycles. The second kappa shape index (κ2) is 7.96. The van der Waals surface area contributed by atoms with Gasteiger partial charge >= 0.3 is 0 Å². The summed E-state index contributed by atoms with van der Waals surface area (Å²) in [5.41, 5.74) is 0.587. The molecule has 0 bridgehead atoms. The highest BCUT2D eigenvalue weighted by molar-refractivity contribution is 5.41. The van der Waals surface area contributed by atoms with E-state index in [1.165, 1.54) is 7.11 Å². The lowest BCUT2D eigenvalue weighted by Crippen LogP contribution is -2.38. The van der Waals surface area contributed by atoms with Crippen molar-refractivity contribution < 1.29 is 24.8 Å². The minimum Gasteiger partial charge on any atom is -0.497 e. The van der Waals surface area contributed by atoms with Crippen molar-refractivity contribution in [2.75, 3.05) is 34.0 Å². The van der Waals surface area contributed by atoms with Gasteiger partial charge in [0.25, 0.3) is 0 Å². The van der Waals surface area contributed by atoms with Crippen molar-refractivity contribution in [3.8, 4) is 11.5 Å². The van der Waals surface area contributed by atoms with Gasteiger partial charge in [0.15, 0.2) is 0 Å². The lowest BCUT2D eigenvalue weighted by Gasteiger charge is -2.19. The van der Waals surface area contributed by atoms with E-state index in [1.807, 2.05) is 0 Å². The molecule has 0 aliphatic rings. The fourth-order valence-electron chi connectivity index (χ4n) is 1.67. The predicted molar refractivity (Wildman–Crippen MR) is 70.5 cm³/mol. The molecular formula is C13H21NO5. The van der Waals surface area contributed by atoms with Gasteiger partial charge < -0.3 is 30.1 Å². The number of benzene rings is 1. The molecule has 1 atom stereocenters. The second-order valence-electron chi connectivity index (χ2n) is 4.09. The summed E-state index contributed by atoms with van der Waals surface area (Å²) in [5, 5.41) is 30.9. The lowest BCUT2D eigenvalue weighted by atomic mass is 10.1. The monoisotopic (exact) mass is 271 g/mol. The van der Waals surface area contributed by atoms with Gasteiger partial charge in [0.05, 0.1) is 39.6 Å². The van der Waals surface area contributed by atoms with Crippen LogP contribution in [0.15, 0.2) is 18.2 Å². The van der Waals surface area contributed by atoms with Gasteiger partial charge in [-0.15, -0.1) is 0 Å². The Morgan fingerprint density at radius 2 is 1.84 bits per heavy atom. The standard InChI is InChI=1S/C13H21NO5/c1-18-10-3-4-13(19-2)11(5-10)12(17)6-14-9(7-15)8-16/h3-5,9,12,14-17H,6-8H2,1-2H3. The van der Waals surface area contributed by atoms with E-state index in [0.29, 0.717) is 17.1 Å². The molecule has 0 fully saturated rings. The van der Waals surface area contributed by atoms with E-state index in [9.17, 15) is 5.11 Å². The molecule has 1 aromatic rings. The van der Waals surface area contributed by atoms with Crippen LogP contribution < -0.4 is 14.8 Å². The number of methoxy groups -OCH3 is 2. The Labute approximate surface area is 112 Å². The lowest BCUT2D eigenvalue weighted by molar-refractivity contribution is 0.133. The van der Waals surface area contributed by atoms with Crippen molar-refractivity contribution in [3.05, 3.63) is 23.8 Å². The van der Waals surface area contributed by atoms with Crippen molar-refractivity contribution in [1.82, 2.24) is 5.32 Å². The summed E-state index contributed by atoms with van der Waals surface area (Å²) in [6.07, 6.45) is -0.828. The van der Waals surface area contributed by atoms with Crippen LogP contribution in [0.25, 0.3) is 0 Å². The molecule has 0 amide bonds. The fourth-order valence-corrected chi connectivity index (χ4v) is 1.67. The Kier molecular flexibility index (Phi) is 6.58. The first-order valence-electron chi connectivity index (χ1n) is 6.01. The highest BCUT2D eigenvalue weighted by atomic mass is 16.5. The van der Waals surface area contributed by atoms with Gasteiger partial charge in [-0.3, -0.25) is 0 Å². The van der Waals surface area contributed by atoms with Gasteiger partial charge in [-0.1, -0.05) is 0 Å². The number of aliphatic hydroxyl groups is 3. The molecule has 108 valence electrons. The largest absolute Gasteiger partial charge is 0.497 e. The van der Waals surface area contributed by atoms with Gasteiger partial charge in [-0.05, 0) is 18.2 Å². The molecule has 0 aromatic heterocycles. The maximum absolute atomic E-state index is 10.1. The van der Waals surface area contributed by atoms with Crippen LogP contribution >= 0.6 is 0 Å². The molecule has 4 N–H and O–H groups in total. The molecule has 0 radical (unpaired) electrons. The van der Waals surface area contributed by atoms with Gasteiger partial charge in [-0.2, -0.15) is 0 Å². The van der Waals surface area contributed by atoms with E-state index in [-0.39, 0.29) is 19.8 Å². The van der Waals surface area contributed by atoms with Crippen LogP contribution in [0.5, 0.6) is 11.5 Å². The third-order valence-electron chi connectivity index (χ3n) is 2.84. The zero-order valence-corrected chi connectivity index (χ0v) is 11.2.